The minimum absolute atomic E-state index is 0.249. The van der Waals surface area contributed by atoms with Crippen LogP contribution in [0.5, 0.6) is 0 Å². The van der Waals surface area contributed by atoms with Crippen LogP contribution in [0.2, 0.25) is 0 Å². The molecule has 0 aliphatic heterocycles. The molecule has 8 nitrogen and oxygen atoms in total. The lowest BCUT2D eigenvalue weighted by atomic mass is 10.1. The minimum atomic E-state index is -0.640. The van der Waals surface area contributed by atoms with Gasteiger partial charge in [0, 0.05) is 10.4 Å². The zero-order valence-electron chi connectivity index (χ0n) is 20.5. The SMILES string of the molecule is CCOC(=O)c1c(NC(=O)COC(=O)c2ccccc2-c2nc3ccccc3[nH]2)sc2c1CCCCC2. The topological polar surface area (TPSA) is 110 Å². The Kier molecular flexibility index (Phi) is 7.32. The molecule has 37 heavy (non-hydrogen) atoms. The van der Waals surface area contributed by atoms with Gasteiger partial charge in [0.05, 0.1) is 28.8 Å². The number of anilines is 1. The first-order chi connectivity index (χ1) is 18.0. The second-order valence-electron chi connectivity index (χ2n) is 8.76. The molecule has 0 unspecified atom stereocenters. The molecule has 4 aromatic rings. The fourth-order valence-corrected chi connectivity index (χ4v) is 5.86. The first-order valence-corrected chi connectivity index (χ1v) is 13.2. The number of amides is 1. The van der Waals surface area contributed by atoms with E-state index in [4.69, 9.17) is 9.47 Å². The van der Waals surface area contributed by atoms with Crippen molar-refractivity contribution in [2.75, 3.05) is 18.5 Å². The van der Waals surface area contributed by atoms with Gasteiger partial charge in [-0.05, 0) is 56.4 Å². The molecule has 0 spiro atoms. The predicted octanol–water partition coefficient (Wildman–Crippen LogP) is 5.53. The van der Waals surface area contributed by atoms with Crippen LogP contribution in [-0.2, 0) is 27.1 Å². The summed E-state index contributed by atoms with van der Waals surface area (Å²) in [6.07, 6.45) is 4.80. The molecule has 9 heteroatoms. The van der Waals surface area contributed by atoms with Crippen molar-refractivity contribution in [3.63, 3.8) is 0 Å². The van der Waals surface area contributed by atoms with Crippen LogP contribution in [0, 0.1) is 0 Å². The lowest BCUT2D eigenvalue weighted by Crippen LogP contribution is -2.22. The molecule has 2 aromatic heterocycles. The van der Waals surface area contributed by atoms with E-state index in [1.165, 1.54) is 11.3 Å². The fraction of sp³-hybridized carbons (Fsp3) is 0.286. The van der Waals surface area contributed by atoms with Gasteiger partial charge in [0.2, 0.25) is 0 Å². The molecule has 1 aliphatic rings. The lowest BCUT2D eigenvalue weighted by molar-refractivity contribution is -0.119. The van der Waals surface area contributed by atoms with E-state index in [9.17, 15) is 14.4 Å². The van der Waals surface area contributed by atoms with Crippen molar-refractivity contribution in [2.45, 2.75) is 39.0 Å². The predicted molar refractivity (Wildman–Crippen MR) is 142 cm³/mol. The van der Waals surface area contributed by atoms with Gasteiger partial charge in [-0.3, -0.25) is 4.79 Å². The summed E-state index contributed by atoms with van der Waals surface area (Å²) >= 11 is 1.40. The second kappa shape index (κ2) is 11.0. The van der Waals surface area contributed by atoms with Gasteiger partial charge in [-0.15, -0.1) is 11.3 Å². The quantitative estimate of drug-likeness (QED) is 0.246. The number of aryl methyl sites for hydroxylation is 1. The summed E-state index contributed by atoms with van der Waals surface area (Å²) in [6.45, 7) is 1.51. The van der Waals surface area contributed by atoms with E-state index >= 15 is 0 Å². The molecule has 0 saturated carbocycles. The van der Waals surface area contributed by atoms with Gasteiger partial charge in [-0.25, -0.2) is 14.6 Å². The normalized spacial score (nSPS) is 13.0. The van der Waals surface area contributed by atoms with Gasteiger partial charge in [0.25, 0.3) is 5.91 Å². The summed E-state index contributed by atoms with van der Waals surface area (Å²) in [5, 5.41) is 3.23. The molecule has 2 heterocycles. The summed E-state index contributed by atoms with van der Waals surface area (Å²) in [7, 11) is 0. The fourth-order valence-electron chi connectivity index (χ4n) is 4.57. The molecule has 0 fully saturated rings. The molecule has 0 bridgehead atoms. The number of nitrogens with one attached hydrogen (secondary N) is 2. The van der Waals surface area contributed by atoms with Gasteiger partial charge in [0.1, 0.15) is 10.8 Å². The van der Waals surface area contributed by atoms with Crippen molar-refractivity contribution in [2.24, 2.45) is 0 Å². The molecular formula is C28H27N3O5S. The maximum Gasteiger partial charge on any atom is 0.341 e. The van der Waals surface area contributed by atoms with E-state index in [1.807, 2.05) is 30.3 Å². The van der Waals surface area contributed by atoms with Gasteiger partial charge in [0.15, 0.2) is 6.61 Å². The molecule has 5 rings (SSSR count). The molecule has 0 atom stereocenters. The largest absolute Gasteiger partial charge is 0.462 e. The molecule has 1 amide bonds. The number of hydrogen-bond acceptors (Lipinski definition) is 7. The molecule has 0 radical (unpaired) electrons. The highest BCUT2D eigenvalue weighted by Gasteiger charge is 2.27. The van der Waals surface area contributed by atoms with Crippen LogP contribution < -0.4 is 5.32 Å². The Hall–Kier alpha value is -3.98. The summed E-state index contributed by atoms with van der Waals surface area (Å²) in [6, 6.07) is 14.5. The van der Waals surface area contributed by atoms with E-state index in [0.29, 0.717) is 27.5 Å². The standard InChI is InChI=1S/C28H27N3O5S/c1-2-35-28(34)24-19-12-4-3-5-15-22(19)37-26(24)31-23(32)16-36-27(33)18-11-7-6-10-17(18)25-29-20-13-8-9-14-21(20)30-25/h6-11,13-14H,2-5,12,15-16H2,1H3,(H,29,30)(H,31,32). The van der Waals surface area contributed by atoms with Crippen LogP contribution in [0.25, 0.3) is 22.4 Å². The van der Waals surface area contributed by atoms with E-state index in [0.717, 1.165) is 53.6 Å². The number of para-hydroxylation sites is 2. The molecule has 1 aliphatic carbocycles. The number of aromatic amines is 1. The first-order valence-electron chi connectivity index (χ1n) is 12.4. The molecule has 0 saturated heterocycles. The van der Waals surface area contributed by atoms with Crippen LogP contribution in [-0.4, -0.2) is 41.0 Å². The highest BCUT2D eigenvalue weighted by Crippen LogP contribution is 2.38. The number of carbonyl (C=O) groups excluding carboxylic acids is 3. The van der Waals surface area contributed by atoms with Crippen molar-refractivity contribution in [1.29, 1.82) is 0 Å². The number of H-pyrrole nitrogens is 1. The van der Waals surface area contributed by atoms with E-state index in [2.05, 4.69) is 15.3 Å². The highest BCUT2D eigenvalue weighted by atomic mass is 32.1. The van der Waals surface area contributed by atoms with Crippen molar-refractivity contribution in [3.05, 3.63) is 70.1 Å². The number of benzene rings is 2. The van der Waals surface area contributed by atoms with Crippen molar-refractivity contribution in [3.8, 4) is 11.4 Å². The van der Waals surface area contributed by atoms with Crippen LogP contribution in [0.3, 0.4) is 0 Å². The van der Waals surface area contributed by atoms with Crippen LogP contribution in [0.1, 0.15) is 57.3 Å². The Bertz CT molecular complexity index is 1440. The number of thiophene rings is 1. The highest BCUT2D eigenvalue weighted by molar-refractivity contribution is 7.17. The third-order valence-corrected chi connectivity index (χ3v) is 7.49. The van der Waals surface area contributed by atoms with Crippen molar-refractivity contribution >= 4 is 45.2 Å². The number of fused-ring (bicyclic) bond motifs is 2. The number of esters is 2. The minimum Gasteiger partial charge on any atom is -0.462 e. The monoisotopic (exact) mass is 517 g/mol. The average Bonchev–Trinajstić information content (AvgIpc) is 3.41. The number of ether oxygens (including phenoxy) is 2. The number of hydrogen-bond donors (Lipinski definition) is 2. The van der Waals surface area contributed by atoms with Crippen LogP contribution >= 0.6 is 11.3 Å². The number of carbonyl (C=O) groups is 3. The summed E-state index contributed by atoms with van der Waals surface area (Å²) in [4.78, 5) is 47.3. The Morgan fingerprint density at radius 1 is 0.973 bits per heavy atom. The maximum absolute atomic E-state index is 13.0. The third kappa shape index (κ3) is 5.27. The maximum atomic E-state index is 13.0. The van der Waals surface area contributed by atoms with Gasteiger partial charge in [-0.1, -0.05) is 36.8 Å². The van der Waals surface area contributed by atoms with Gasteiger partial charge >= 0.3 is 11.9 Å². The van der Waals surface area contributed by atoms with Crippen LogP contribution in [0.15, 0.2) is 48.5 Å². The summed E-state index contributed by atoms with van der Waals surface area (Å²) < 4.78 is 10.6. The molecule has 2 aromatic carbocycles. The Labute approximate surface area is 218 Å². The summed E-state index contributed by atoms with van der Waals surface area (Å²) in [5.74, 6) is -1.05. The number of rotatable bonds is 7. The molecular weight excluding hydrogens is 490 g/mol. The Balaban J connectivity index is 1.31. The average molecular weight is 518 g/mol. The van der Waals surface area contributed by atoms with Gasteiger partial charge in [-0.2, -0.15) is 0 Å². The lowest BCUT2D eigenvalue weighted by Gasteiger charge is -2.10. The number of nitrogens with zero attached hydrogens (tertiary/aromatic N) is 1. The third-order valence-electron chi connectivity index (χ3n) is 6.28. The van der Waals surface area contributed by atoms with Gasteiger partial charge < -0.3 is 19.8 Å². The number of imidazole rings is 1. The molecule has 190 valence electrons. The smallest absolute Gasteiger partial charge is 0.341 e. The zero-order valence-corrected chi connectivity index (χ0v) is 21.3. The first kappa shape index (κ1) is 24.7. The summed E-state index contributed by atoms with van der Waals surface area (Å²) in [5.41, 5.74) is 3.91. The zero-order chi connectivity index (χ0) is 25.8. The van der Waals surface area contributed by atoms with Crippen LogP contribution in [0.4, 0.5) is 5.00 Å². The molecule has 2 N–H and O–H groups in total. The number of aromatic nitrogens is 2. The van der Waals surface area contributed by atoms with Crippen molar-refractivity contribution < 1.29 is 23.9 Å². The van der Waals surface area contributed by atoms with E-state index in [-0.39, 0.29) is 6.61 Å². The van der Waals surface area contributed by atoms with E-state index in [1.54, 1.807) is 25.1 Å². The Morgan fingerprint density at radius 2 is 1.76 bits per heavy atom. The Morgan fingerprint density at radius 3 is 2.59 bits per heavy atom. The second-order valence-corrected chi connectivity index (χ2v) is 9.87. The van der Waals surface area contributed by atoms with E-state index < -0.39 is 24.5 Å². The van der Waals surface area contributed by atoms with Crippen molar-refractivity contribution in [1.82, 2.24) is 9.97 Å².